The number of hydroxylamine groups is 1. The Labute approximate surface area is 329 Å². The summed E-state index contributed by atoms with van der Waals surface area (Å²) < 4.78 is 31.0. The summed E-state index contributed by atoms with van der Waals surface area (Å²) in [4.78, 5) is 67.2. The Kier molecular flexibility index (Phi) is 27.0. The van der Waals surface area contributed by atoms with E-state index in [9.17, 15) is 24.0 Å². The van der Waals surface area contributed by atoms with Crippen LogP contribution in [0.2, 0.25) is 0 Å². The molecule has 0 aromatic heterocycles. The van der Waals surface area contributed by atoms with Gasteiger partial charge in [-0.1, -0.05) is 54.6 Å². The van der Waals surface area contributed by atoms with Gasteiger partial charge in [0.2, 0.25) is 17.7 Å². The SMILES string of the molecule is COCCOCCOCC(=O)NCCC[C@H](NC(=O)COCCOCCOC)C(=O)NCCC(=O)ONC(=O)Cc1ccc(CCCCc2ccccc2)cc1. The van der Waals surface area contributed by atoms with Crippen LogP contribution in [0.15, 0.2) is 54.6 Å². The zero-order chi connectivity index (χ0) is 40.5. The fraction of sp³-hybridized carbons (Fsp3) is 0.575. The van der Waals surface area contributed by atoms with Gasteiger partial charge in [-0.3, -0.25) is 19.2 Å². The Hall–Kier alpha value is -4.45. The average Bonchev–Trinajstić information content (AvgIpc) is 3.20. The summed E-state index contributed by atoms with van der Waals surface area (Å²) in [7, 11) is 3.14. The Morgan fingerprint density at radius 1 is 0.571 bits per heavy atom. The molecule has 0 heterocycles. The molecule has 1 atom stereocenters. The highest BCUT2D eigenvalue weighted by Crippen LogP contribution is 2.11. The molecule has 0 bridgehead atoms. The van der Waals surface area contributed by atoms with Crippen molar-refractivity contribution in [1.82, 2.24) is 21.4 Å². The monoisotopic (exact) mass is 788 g/mol. The Balaban J connectivity index is 1.69. The Morgan fingerprint density at radius 3 is 1.75 bits per heavy atom. The van der Waals surface area contributed by atoms with Crippen LogP contribution in [0.1, 0.15) is 48.8 Å². The summed E-state index contributed by atoms with van der Waals surface area (Å²) in [6, 6.07) is 17.2. The van der Waals surface area contributed by atoms with Crippen LogP contribution in [0.4, 0.5) is 0 Å². The van der Waals surface area contributed by atoms with Gasteiger partial charge in [0.25, 0.3) is 5.91 Å². The molecular formula is C40H60N4O12. The van der Waals surface area contributed by atoms with Crippen molar-refractivity contribution in [2.45, 2.75) is 57.4 Å². The van der Waals surface area contributed by atoms with Crippen LogP contribution in [-0.4, -0.2) is 129 Å². The molecule has 0 saturated carbocycles. The van der Waals surface area contributed by atoms with Crippen LogP contribution in [0.3, 0.4) is 0 Å². The number of amides is 4. The number of hydrogen-bond donors (Lipinski definition) is 4. The number of ether oxygens (including phenoxy) is 6. The van der Waals surface area contributed by atoms with E-state index in [1.165, 1.54) is 11.1 Å². The second-order valence-electron chi connectivity index (χ2n) is 12.7. The van der Waals surface area contributed by atoms with Crippen molar-refractivity contribution in [3.63, 3.8) is 0 Å². The third-order valence-electron chi connectivity index (χ3n) is 8.04. The van der Waals surface area contributed by atoms with E-state index in [-0.39, 0.29) is 71.3 Å². The molecular weight excluding hydrogens is 728 g/mol. The topological polar surface area (TPSA) is 198 Å². The molecule has 2 aromatic rings. The van der Waals surface area contributed by atoms with Gasteiger partial charge in [0.15, 0.2) is 0 Å². The van der Waals surface area contributed by atoms with E-state index in [0.717, 1.165) is 31.2 Å². The molecule has 0 saturated heterocycles. The first kappa shape index (κ1) is 47.7. The van der Waals surface area contributed by atoms with Crippen LogP contribution in [0.25, 0.3) is 0 Å². The second kappa shape index (κ2) is 31.7. The molecule has 16 heteroatoms. The lowest BCUT2D eigenvalue weighted by Gasteiger charge is -2.19. The number of unbranched alkanes of at least 4 members (excludes halogenated alkanes) is 1. The predicted octanol–water partition coefficient (Wildman–Crippen LogP) is 1.62. The Morgan fingerprint density at radius 2 is 1.12 bits per heavy atom. The predicted molar refractivity (Wildman–Crippen MR) is 206 cm³/mol. The third kappa shape index (κ3) is 24.9. The number of aryl methyl sites for hydroxylation is 2. The van der Waals surface area contributed by atoms with Crippen molar-refractivity contribution < 1.29 is 57.2 Å². The van der Waals surface area contributed by atoms with Crippen molar-refractivity contribution in [3.8, 4) is 0 Å². The fourth-order valence-electron chi connectivity index (χ4n) is 5.07. The first-order valence-corrected chi connectivity index (χ1v) is 19.0. The summed E-state index contributed by atoms with van der Waals surface area (Å²) in [6.07, 6.45) is 4.47. The number of methoxy groups -OCH3 is 2. The Bertz CT molecular complexity index is 1380. The summed E-state index contributed by atoms with van der Waals surface area (Å²) in [6.45, 7) is 2.42. The lowest BCUT2D eigenvalue weighted by Crippen LogP contribution is -2.48. The average molecular weight is 789 g/mol. The molecule has 0 unspecified atom stereocenters. The molecule has 0 aliphatic heterocycles. The van der Waals surface area contributed by atoms with E-state index in [2.05, 4.69) is 45.7 Å². The minimum atomic E-state index is -0.974. The highest BCUT2D eigenvalue weighted by atomic mass is 16.7. The molecule has 0 aliphatic carbocycles. The summed E-state index contributed by atoms with van der Waals surface area (Å²) in [5, 5.41) is 7.95. The number of rotatable bonds is 32. The molecule has 4 amide bonds. The van der Waals surface area contributed by atoms with Crippen molar-refractivity contribution in [2.24, 2.45) is 0 Å². The maximum absolute atomic E-state index is 13.0. The van der Waals surface area contributed by atoms with Gasteiger partial charge in [-0.2, -0.15) is 5.48 Å². The van der Waals surface area contributed by atoms with Gasteiger partial charge >= 0.3 is 5.97 Å². The van der Waals surface area contributed by atoms with Crippen molar-refractivity contribution in [3.05, 3.63) is 71.3 Å². The molecule has 0 spiro atoms. The largest absolute Gasteiger partial charge is 0.382 e. The minimum absolute atomic E-state index is 0.0298. The van der Waals surface area contributed by atoms with E-state index in [1.54, 1.807) is 14.2 Å². The smallest absolute Gasteiger partial charge is 0.334 e. The summed E-state index contributed by atoms with van der Waals surface area (Å²) >= 11 is 0. The zero-order valence-corrected chi connectivity index (χ0v) is 32.8. The number of carbonyl (C=O) groups excluding carboxylic acids is 5. The molecule has 2 rings (SSSR count). The summed E-state index contributed by atoms with van der Waals surface area (Å²) in [5.74, 6) is -2.64. The minimum Gasteiger partial charge on any atom is -0.382 e. The lowest BCUT2D eigenvalue weighted by molar-refractivity contribution is -0.158. The van der Waals surface area contributed by atoms with Crippen LogP contribution in [0, 0.1) is 0 Å². The maximum Gasteiger partial charge on any atom is 0.334 e. The van der Waals surface area contributed by atoms with Gasteiger partial charge in [0.1, 0.15) is 19.3 Å². The molecule has 0 aliphatic rings. The van der Waals surface area contributed by atoms with E-state index in [1.807, 2.05) is 30.3 Å². The number of hydrogen-bond acceptors (Lipinski definition) is 12. The molecule has 312 valence electrons. The second-order valence-corrected chi connectivity index (χ2v) is 12.7. The molecule has 56 heavy (non-hydrogen) atoms. The van der Waals surface area contributed by atoms with Crippen LogP contribution in [0.5, 0.6) is 0 Å². The standard InChI is InChI=1S/C40H60N4O12/c1-50-21-23-52-25-27-54-30-37(46)41-19-8-13-35(43-38(47)31-55-28-26-53-24-22-51-2)40(49)42-20-18-39(48)56-44-36(45)29-34-16-14-33(15-17-34)12-7-6-11-32-9-4-3-5-10-32/h3-5,9-10,14-17,35H,6-8,11-13,18-31H2,1-2H3,(H,41,46)(H,42,49)(H,43,47)(H,44,45)/t35-/m0/s1. The van der Waals surface area contributed by atoms with Gasteiger partial charge < -0.3 is 49.2 Å². The highest BCUT2D eigenvalue weighted by Gasteiger charge is 2.21. The highest BCUT2D eigenvalue weighted by molar-refractivity contribution is 5.88. The van der Waals surface area contributed by atoms with Crippen molar-refractivity contribution in [2.75, 3.05) is 93.4 Å². The lowest BCUT2D eigenvalue weighted by atomic mass is 10.0. The van der Waals surface area contributed by atoms with Crippen LogP contribution in [-0.2, 0) is 76.5 Å². The van der Waals surface area contributed by atoms with Crippen molar-refractivity contribution in [1.29, 1.82) is 0 Å². The van der Waals surface area contributed by atoms with Crippen LogP contribution < -0.4 is 21.4 Å². The van der Waals surface area contributed by atoms with E-state index in [4.69, 9.17) is 33.3 Å². The number of carbonyl (C=O) groups is 5. The number of benzene rings is 2. The molecule has 0 radical (unpaired) electrons. The van der Waals surface area contributed by atoms with Gasteiger partial charge in [-0.25, -0.2) is 4.79 Å². The van der Waals surface area contributed by atoms with Gasteiger partial charge in [-0.05, 0) is 55.2 Å². The quantitative estimate of drug-likeness (QED) is 0.0619. The van der Waals surface area contributed by atoms with E-state index in [0.29, 0.717) is 39.5 Å². The van der Waals surface area contributed by atoms with Gasteiger partial charge in [0.05, 0.1) is 65.7 Å². The zero-order valence-electron chi connectivity index (χ0n) is 32.8. The van der Waals surface area contributed by atoms with Gasteiger partial charge in [-0.15, -0.1) is 0 Å². The number of nitrogens with one attached hydrogen (secondary N) is 4. The molecule has 4 N–H and O–H groups in total. The molecule has 2 aromatic carbocycles. The maximum atomic E-state index is 13.0. The van der Waals surface area contributed by atoms with E-state index < -0.39 is 29.7 Å². The first-order chi connectivity index (χ1) is 27.3. The van der Waals surface area contributed by atoms with Crippen LogP contribution >= 0.6 is 0 Å². The normalized spacial score (nSPS) is 11.4. The summed E-state index contributed by atoms with van der Waals surface area (Å²) in [5.41, 5.74) is 5.46. The first-order valence-electron chi connectivity index (χ1n) is 19.0. The molecule has 16 nitrogen and oxygen atoms in total. The fourth-order valence-corrected chi connectivity index (χ4v) is 5.07. The van der Waals surface area contributed by atoms with Crippen molar-refractivity contribution >= 4 is 29.6 Å². The van der Waals surface area contributed by atoms with Gasteiger partial charge in [0, 0.05) is 27.3 Å². The molecule has 0 fully saturated rings. The third-order valence-corrected chi connectivity index (χ3v) is 8.04. The van der Waals surface area contributed by atoms with E-state index >= 15 is 0 Å².